The number of nitrogen functional groups attached to an aromatic ring is 1. The van der Waals surface area contributed by atoms with Crippen LogP contribution in [-0.2, 0) is 0 Å². The van der Waals surface area contributed by atoms with E-state index in [2.05, 4.69) is 15.3 Å². The van der Waals surface area contributed by atoms with Crippen molar-refractivity contribution in [1.29, 1.82) is 0 Å². The van der Waals surface area contributed by atoms with Gasteiger partial charge in [0.15, 0.2) is 11.5 Å². The number of benzene rings is 1. The summed E-state index contributed by atoms with van der Waals surface area (Å²) in [7, 11) is 1.57. The molecule has 0 bridgehead atoms. The maximum atomic E-state index is 6.09. The van der Waals surface area contributed by atoms with Crippen LogP contribution < -0.4 is 15.8 Å². The molecule has 0 fully saturated rings. The van der Waals surface area contributed by atoms with E-state index >= 15 is 0 Å². The number of rotatable bonds is 3. The van der Waals surface area contributed by atoms with Crippen molar-refractivity contribution in [2.24, 2.45) is 0 Å². The van der Waals surface area contributed by atoms with Gasteiger partial charge in [0, 0.05) is 18.1 Å². The summed E-state index contributed by atoms with van der Waals surface area (Å²) in [6.07, 6.45) is 5.19. The van der Waals surface area contributed by atoms with E-state index in [1.54, 1.807) is 42.2 Å². The molecule has 2 aromatic heterocycles. The standard InChI is InChI=1S/C13H12ClN5O/c1-20-10-3-2-8(6-9(10)14)17-12-13-16-4-5-19(13)7-11(15)18-12/h2-7H,15H2,1H3,(H,17,18). The number of nitrogens with two attached hydrogens (primary N) is 1. The highest BCUT2D eigenvalue weighted by atomic mass is 35.5. The third-order valence-electron chi connectivity index (χ3n) is 2.81. The van der Waals surface area contributed by atoms with Gasteiger partial charge in [-0.1, -0.05) is 11.6 Å². The molecular formula is C13H12ClN5O. The normalized spacial score (nSPS) is 10.7. The molecule has 7 heteroatoms. The molecule has 3 rings (SSSR count). The lowest BCUT2D eigenvalue weighted by Gasteiger charge is -2.09. The Hall–Kier alpha value is -2.47. The van der Waals surface area contributed by atoms with Crippen molar-refractivity contribution in [3.8, 4) is 5.75 Å². The van der Waals surface area contributed by atoms with Gasteiger partial charge in [0.05, 0.1) is 18.3 Å². The molecule has 2 heterocycles. The molecule has 0 radical (unpaired) electrons. The Morgan fingerprint density at radius 1 is 1.40 bits per heavy atom. The number of nitrogens with zero attached hydrogens (tertiary/aromatic N) is 3. The van der Waals surface area contributed by atoms with Gasteiger partial charge in [-0.3, -0.25) is 0 Å². The molecule has 1 aromatic carbocycles. The molecule has 0 amide bonds. The van der Waals surface area contributed by atoms with Crippen LogP contribution in [0.1, 0.15) is 0 Å². The number of ether oxygens (including phenoxy) is 1. The number of nitrogens with one attached hydrogen (secondary N) is 1. The summed E-state index contributed by atoms with van der Waals surface area (Å²) < 4.78 is 6.92. The fourth-order valence-corrected chi connectivity index (χ4v) is 2.17. The van der Waals surface area contributed by atoms with E-state index in [-0.39, 0.29) is 0 Å². The first-order valence-electron chi connectivity index (χ1n) is 5.87. The SMILES string of the molecule is COc1ccc(Nc2nc(N)cn3ccnc23)cc1Cl. The van der Waals surface area contributed by atoms with Crippen molar-refractivity contribution in [1.82, 2.24) is 14.4 Å². The summed E-state index contributed by atoms with van der Waals surface area (Å²) in [6, 6.07) is 5.37. The number of anilines is 3. The first-order chi connectivity index (χ1) is 9.67. The minimum Gasteiger partial charge on any atom is -0.495 e. The van der Waals surface area contributed by atoms with Crippen LogP contribution in [0.2, 0.25) is 5.02 Å². The summed E-state index contributed by atoms with van der Waals surface area (Å²) >= 11 is 6.09. The maximum absolute atomic E-state index is 6.09. The van der Waals surface area contributed by atoms with Gasteiger partial charge in [-0.15, -0.1) is 0 Å². The highest BCUT2D eigenvalue weighted by Crippen LogP contribution is 2.29. The van der Waals surface area contributed by atoms with Crippen LogP contribution in [0.5, 0.6) is 5.75 Å². The highest BCUT2D eigenvalue weighted by Gasteiger charge is 2.08. The molecule has 0 saturated heterocycles. The molecular weight excluding hydrogens is 278 g/mol. The van der Waals surface area contributed by atoms with Gasteiger partial charge in [0.25, 0.3) is 0 Å². The minimum absolute atomic E-state index is 0.401. The number of aromatic nitrogens is 3. The molecule has 0 aliphatic heterocycles. The lowest BCUT2D eigenvalue weighted by Crippen LogP contribution is -2.02. The Morgan fingerprint density at radius 2 is 2.25 bits per heavy atom. The number of imidazole rings is 1. The molecule has 0 aliphatic carbocycles. The molecule has 0 saturated carbocycles. The second-order valence-corrected chi connectivity index (χ2v) is 4.55. The lowest BCUT2D eigenvalue weighted by molar-refractivity contribution is 0.415. The second kappa shape index (κ2) is 4.90. The first kappa shape index (κ1) is 12.6. The fourth-order valence-electron chi connectivity index (χ4n) is 1.92. The third kappa shape index (κ3) is 2.21. The van der Waals surface area contributed by atoms with Crippen LogP contribution in [0.3, 0.4) is 0 Å². The topological polar surface area (TPSA) is 77.5 Å². The Kier molecular flexibility index (Phi) is 3.08. The van der Waals surface area contributed by atoms with E-state index in [1.165, 1.54) is 0 Å². The van der Waals surface area contributed by atoms with E-state index in [1.807, 2.05) is 6.07 Å². The van der Waals surface area contributed by atoms with Crippen molar-refractivity contribution in [3.63, 3.8) is 0 Å². The third-order valence-corrected chi connectivity index (χ3v) is 3.10. The average Bonchev–Trinajstić information content (AvgIpc) is 2.87. The number of methoxy groups -OCH3 is 1. The smallest absolute Gasteiger partial charge is 0.180 e. The predicted molar refractivity (Wildman–Crippen MR) is 78.7 cm³/mol. The average molecular weight is 290 g/mol. The summed E-state index contributed by atoms with van der Waals surface area (Å²) in [6.45, 7) is 0. The molecule has 102 valence electrons. The molecule has 6 nitrogen and oxygen atoms in total. The van der Waals surface area contributed by atoms with Crippen LogP contribution in [0.4, 0.5) is 17.3 Å². The molecule has 0 unspecified atom stereocenters. The van der Waals surface area contributed by atoms with Gasteiger partial charge in [0.2, 0.25) is 0 Å². The lowest BCUT2D eigenvalue weighted by atomic mass is 10.3. The summed E-state index contributed by atoms with van der Waals surface area (Å²) in [5.74, 6) is 1.58. The second-order valence-electron chi connectivity index (χ2n) is 4.15. The summed E-state index contributed by atoms with van der Waals surface area (Å²) in [5, 5.41) is 3.67. The summed E-state index contributed by atoms with van der Waals surface area (Å²) in [4.78, 5) is 8.49. The highest BCUT2D eigenvalue weighted by molar-refractivity contribution is 6.32. The first-order valence-corrected chi connectivity index (χ1v) is 6.25. The maximum Gasteiger partial charge on any atom is 0.180 e. The van der Waals surface area contributed by atoms with Crippen LogP contribution in [0.15, 0.2) is 36.8 Å². The van der Waals surface area contributed by atoms with Gasteiger partial charge in [0.1, 0.15) is 11.6 Å². The molecule has 0 spiro atoms. The minimum atomic E-state index is 0.401. The van der Waals surface area contributed by atoms with Gasteiger partial charge >= 0.3 is 0 Å². The predicted octanol–water partition coefficient (Wildman–Crippen LogP) is 2.72. The summed E-state index contributed by atoms with van der Waals surface area (Å²) in [5.41, 5.74) is 7.23. The Morgan fingerprint density at radius 3 is 3.00 bits per heavy atom. The molecule has 20 heavy (non-hydrogen) atoms. The van der Waals surface area contributed by atoms with Crippen molar-refractivity contribution in [2.75, 3.05) is 18.2 Å². The van der Waals surface area contributed by atoms with Crippen molar-refractivity contribution >= 4 is 34.6 Å². The molecule has 3 N–H and O–H groups in total. The van der Waals surface area contributed by atoms with E-state index < -0.39 is 0 Å². The zero-order chi connectivity index (χ0) is 14.1. The van der Waals surface area contributed by atoms with Gasteiger partial charge in [-0.25, -0.2) is 9.97 Å². The van der Waals surface area contributed by atoms with Crippen molar-refractivity contribution < 1.29 is 4.74 Å². The van der Waals surface area contributed by atoms with E-state index in [9.17, 15) is 0 Å². The largest absolute Gasteiger partial charge is 0.495 e. The quantitative estimate of drug-likeness (QED) is 0.775. The van der Waals surface area contributed by atoms with Crippen LogP contribution in [0, 0.1) is 0 Å². The van der Waals surface area contributed by atoms with Gasteiger partial charge in [-0.05, 0) is 18.2 Å². The van der Waals surface area contributed by atoms with E-state index in [0.717, 1.165) is 5.69 Å². The molecule has 0 atom stereocenters. The number of hydrogen-bond acceptors (Lipinski definition) is 5. The Bertz CT molecular complexity index is 771. The molecule has 3 aromatic rings. The number of hydrogen-bond donors (Lipinski definition) is 2. The fraction of sp³-hybridized carbons (Fsp3) is 0.0769. The zero-order valence-corrected chi connectivity index (χ0v) is 11.4. The van der Waals surface area contributed by atoms with Crippen LogP contribution >= 0.6 is 11.6 Å². The number of fused-ring (bicyclic) bond motifs is 1. The number of halogens is 1. The zero-order valence-electron chi connectivity index (χ0n) is 10.7. The van der Waals surface area contributed by atoms with E-state index in [4.69, 9.17) is 22.1 Å². The van der Waals surface area contributed by atoms with Crippen LogP contribution in [0.25, 0.3) is 5.65 Å². The van der Waals surface area contributed by atoms with Gasteiger partial charge in [-0.2, -0.15) is 0 Å². The van der Waals surface area contributed by atoms with Gasteiger partial charge < -0.3 is 20.2 Å². The Labute approximate surface area is 120 Å². The monoisotopic (exact) mass is 289 g/mol. The molecule has 0 aliphatic rings. The van der Waals surface area contributed by atoms with Crippen molar-refractivity contribution in [2.45, 2.75) is 0 Å². The van der Waals surface area contributed by atoms with Crippen LogP contribution in [-0.4, -0.2) is 21.5 Å². The van der Waals surface area contributed by atoms with E-state index in [0.29, 0.717) is 28.1 Å². The van der Waals surface area contributed by atoms with Crippen molar-refractivity contribution in [3.05, 3.63) is 41.8 Å². The Balaban J connectivity index is 2.00.